The zero-order valence-electron chi connectivity index (χ0n) is 14.6. The highest BCUT2D eigenvalue weighted by molar-refractivity contribution is 5.88. The molecule has 0 aromatic carbocycles. The summed E-state index contributed by atoms with van der Waals surface area (Å²) in [5, 5.41) is 28.4. The van der Waals surface area contributed by atoms with Gasteiger partial charge in [-0.1, -0.05) is 31.6 Å². The Balaban J connectivity index is 3.28. The summed E-state index contributed by atoms with van der Waals surface area (Å²) < 4.78 is 1.18. The molecule has 7 heteroatoms. The standard InChI is InChI=1S/C19H19N3O4/c1-4-5-11-22-17(23)14(13(2)15(12-20)18(22)24)9-7-6-8-10-16(21-3)19(25)26/h6-10,23H,4-5,11H2,1-2H3,(H,25,26). The van der Waals surface area contributed by atoms with Gasteiger partial charge in [0.05, 0.1) is 6.57 Å². The van der Waals surface area contributed by atoms with Crippen LogP contribution in [-0.2, 0) is 11.3 Å². The lowest BCUT2D eigenvalue weighted by Crippen LogP contribution is -2.24. The molecule has 0 amide bonds. The molecule has 1 rings (SSSR count). The van der Waals surface area contributed by atoms with Gasteiger partial charge in [-0.15, -0.1) is 0 Å². The van der Waals surface area contributed by atoms with Crippen LogP contribution in [0, 0.1) is 24.8 Å². The Hall–Kier alpha value is -3.58. The van der Waals surface area contributed by atoms with Crippen molar-refractivity contribution in [3.8, 4) is 11.9 Å². The largest absolute Gasteiger partial charge is 0.494 e. The van der Waals surface area contributed by atoms with Gasteiger partial charge in [-0.25, -0.2) is 4.85 Å². The van der Waals surface area contributed by atoms with E-state index in [1.54, 1.807) is 6.92 Å². The molecule has 0 saturated heterocycles. The third-order valence-electron chi connectivity index (χ3n) is 3.66. The van der Waals surface area contributed by atoms with Crippen LogP contribution in [-0.4, -0.2) is 20.7 Å². The van der Waals surface area contributed by atoms with E-state index in [0.29, 0.717) is 24.1 Å². The van der Waals surface area contributed by atoms with Crippen molar-refractivity contribution in [2.45, 2.75) is 33.2 Å². The highest BCUT2D eigenvalue weighted by Gasteiger charge is 2.16. The van der Waals surface area contributed by atoms with Crippen molar-refractivity contribution >= 4 is 12.0 Å². The average Bonchev–Trinajstić information content (AvgIpc) is 2.60. The summed E-state index contributed by atoms with van der Waals surface area (Å²) in [6.45, 7) is 10.6. The van der Waals surface area contributed by atoms with Crippen molar-refractivity contribution in [3.63, 3.8) is 0 Å². The van der Waals surface area contributed by atoms with E-state index < -0.39 is 17.2 Å². The lowest BCUT2D eigenvalue weighted by Gasteiger charge is -2.13. The monoisotopic (exact) mass is 353 g/mol. The first kappa shape index (κ1) is 20.5. The molecule has 0 aliphatic carbocycles. The number of pyridine rings is 1. The molecule has 0 aliphatic heterocycles. The van der Waals surface area contributed by atoms with E-state index in [9.17, 15) is 20.0 Å². The van der Waals surface area contributed by atoms with Crippen LogP contribution in [0.25, 0.3) is 10.9 Å². The van der Waals surface area contributed by atoms with Gasteiger partial charge in [0.2, 0.25) is 5.88 Å². The maximum Gasteiger partial charge on any atom is 0.333 e. The second-order valence-corrected chi connectivity index (χ2v) is 5.37. The van der Waals surface area contributed by atoms with Crippen molar-refractivity contribution in [1.29, 1.82) is 5.26 Å². The SMILES string of the molecule is [C-]#[N+]C(=CC=CC=Cc1c(C)c(C#N)c(=O)n(CCCC)c1O)C(=O)O. The Kier molecular flexibility index (Phi) is 7.60. The molecule has 0 saturated carbocycles. The summed E-state index contributed by atoms with van der Waals surface area (Å²) in [7, 11) is 0. The summed E-state index contributed by atoms with van der Waals surface area (Å²) in [5.74, 6) is -1.53. The Morgan fingerprint density at radius 1 is 1.38 bits per heavy atom. The number of aliphatic carboxylic acids is 1. The van der Waals surface area contributed by atoms with E-state index in [1.807, 2.05) is 13.0 Å². The van der Waals surface area contributed by atoms with Gasteiger partial charge in [0.15, 0.2) is 0 Å². The van der Waals surface area contributed by atoms with Crippen LogP contribution in [0.1, 0.15) is 36.5 Å². The molecule has 0 radical (unpaired) electrons. The number of hydrogen-bond donors (Lipinski definition) is 2. The summed E-state index contributed by atoms with van der Waals surface area (Å²) in [6.07, 6.45) is 8.57. The van der Waals surface area contributed by atoms with Crippen molar-refractivity contribution in [2.24, 2.45) is 0 Å². The molecule has 134 valence electrons. The molecule has 7 nitrogen and oxygen atoms in total. The van der Waals surface area contributed by atoms with Crippen LogP contribution in [0.3, 0.4) is 0 Å². The van der Waals surface area contributed by atoms with E-state index in [0.717, 1.165) is 12.5 Å². The molecule has 0 unspecified atom stereocenters. The molecule has 0 spiro atoms. The van der Waals surface area contributed by atoms with Gasteiger partial charge in [-0.3, -0.25) is 14.2 Å². The fourth-order valence-corrected chi connectivity index (χ4v) is 2.21. The molecular weight excluding hydrogens is 334 g/mol. The number of carboxylic acids is 1. The lowest BCUT2D eigenvalue weighted by molar-refractivity contribution is -0.132. The molecule has 0 atom stereocenters. The summed E-state index contributed by atoms with van der Waals surface area (Å²) in [4.78, 5) is 25.9. The Bertz CT molecular complexity index is 922. The Labute approximate surface area is 151 Å². The summed E-state index contributed by atoms with van der Waals surface area (Å²) in [6, 6.07) is 1.88. The summed E-state index contributed by atoms with van der Waals surface area (Å²) >= 11 is 0. The van der Waals surface area contributed by atoms with Gasteiger partial charge in [0, 0.05) is 12.1 Å². The van der Waals surface area contributed by atoms with Crippen molar-refractivity contribution < 1.29 is 15.0 Å². The number of aromatic nitrogens is 1. The Morgan fingerprint density at radius 3 is 2.62 bits per heavy atom. The van der Waals surface area contributed by atoms with Crippen LogP contribution in [0.5, 0.6) is 5.88 Å². The maximum atomic E-state index is 12.3. The quantitative estimate of drug-likeness (QED) is 0.445. The molecular formula is C19H19N3O4. The van der Waals surface area contributed by atoms with Gasteiger partial charge in [-0.05, 0) is 31.1 Å². The van der Waals surface area contributed by atoms with Gasteiger partial charge in [0.1, 0.15) is 11.6 Å². The van der Waals surface area contributed by atoms with E-state index >= 15 is 0 Å². The first-order chi connectivity index (χ1) is 12.4. The molecule has 1 aromatic heterocycles. The second kappa shape index (κ2) is 9.65. The van der Waals surface area contributed by atoms with E-state index in [-0.39, 0.29) is 11.4 Å². The minimum atomic E-state index is -1.32. The molecule has 0 bridgehead atoms. The predicted molar refractivity (Wildman–Crippen MR) is 97.2 cm³/mol. The first-order valence-electron chi connectivity index (χ1n) is 7.91. The second-order valence-electron chi connectivity index (χ2n) is 5.37. The Morgan fingerprint density at radius 2 is 2.08 bits per heavy atom. The van der Waals surface area contributed by atoms with Crippen LogP contribution in [0.4, 0.5) is 0 Å². The number of hydrogen-bond acceptors (Lipinski definition) is 4. The number of aromatic hydroxyl groups is 1. The van der Waals surface area contributed by atoms with E-state index in [2.05, 4.69) is 4.85 Å². The highest BCUT2D eigenvalue weighted by Crippen LogP contribution is 2.23. The maximum absolute atomic E-state index is 12.3. The number of nitrogens with zero attached hydrogens (tertiary/aromatic N) is 3. The molecule has 26 heavy (non-hydrogen) atoms. The minimum absolute atomic E-state index is 0.0244. The van der Waals surface area contributed by atoms with Gasteiger partial charge in [0.25, 0.3) is 11.3 Å². The topological polar surface area (TPSA) is 108 Å². The lowest BCUT2D eigenvalue weighted by atomic mass is 10.0. The van der Waals surface area contributed by atoms with Crippen molar-refractivity contribution in [2.75, 3.05) is 0 Å². The van der Waals surface area contributed by atoms with Crippen LogP contribution >= 0.6 is 0 Å². The molecule has 2 N–H and O–H groups in total. The number of nitriles is 1. The summed E-state index contributed by atoms with van der Waals surface area (Å²) in [5.41, 5.74) is -0.253. The van der Waals surface area contributed by atoms with Crippen LogP contribution < -0.4 is 5.56 Å². The number of carbonyl (C=O) groups is 1. The van der Waals surface area contributed by atoms with Crippen LogP contribution in [0.2, 0.25) is 0 Å². The molecule has 0 fully saturated rings. The smallest absolute Gasteiger partial charge is 0.333 e. The fourth-order valence-electron chi connectivity index (χ4n) is 2.21. The third kappa shape index (κ3) is 4.71. The minimum Gasteiger partial charge on any atom is -0.494 e. The van der Waals surface area contributed by atoms with Crippen molar-refractivity contribution in [3.05, 3.63) is 68.5 Å². The molecule has 1 aromatic rings. The van der Waals surface area contributed by atoms with Gasteiger partial charge < -0.3 is 10.2 Å². The normalized spacial score (nSPS) is 11.6. The number of allylic oxidation sites excluding steroid dienone is 4. The van der Waals surface area contributed by atoms with E-state index in [4.69, 9.17) is 11.7 Å². The number of rotatable bonds is 7. The first-order valence-corrected chi connectivity index (χ1v) is 7.91. The van der Waals surface area contributed by atoms with Gasteiger partial charge in [-0.2, -0.15) is 5.26 Å². The number of unbranched alkanes of at least 4 members (excludes halogenated alkanes) is 1. The predicted octanol–water partition coefficient (Wildman–Crippen LogP) is 2.99. The molecule has 0 aliphatic rings. The third-order valence-corrected chi connectivity index (χ3v) is 3.66. The fraction of sp³-hybridized carbons (Fsp3) is 0.263. The zero-order chi connectivity index (χ0) is 19.7. The average molecular weight is 353 g/mol. The molecule has 1 heterocycles. The van der Waals surface area contributed by atoms with E-state index in [1.165, 1.54) is 28.9 Å². The number of carboxylic acid groups (broad SMARTS) is 1. The zero-order valence-corrected chi connectivity index (χ0v) is 14.6. The highest BCUT2D eigenvalue weighted by atomic mass is 16.4. The van der Waals surface area contributed by atoms with Gasteiger partial charge >= 0.3 is 5.97 Å². The van der Waals surface area contributed by atoms with Crippen LogP contribution in [0.15, 0.2) is 34.8 Å². The van der Waals surface area contributed by atoms with Crippen molar-refractivity contribution in [1.82, 2.24) is 4.57 Å².